The number of rotatable bonds is 3. The molecule has 3 aromatic heterocycles. The van der Waals surface area contributed by atoms with Gasteiger partial charge in [0.15, 0.2) is 4.96 Å². The van der Waals surface area contributed by atoms with Crippen LogP contribution in [0.2, 0.25) is 0 Å². The molecule has 0 unspecified atom stereocenters. The van der Waals surface area contributed by atoms with Crippen molar-refractivity contribution in [2.24, 2.45) is 5.73 Å². The smallest absolute Gasteiger partial charge is 0.228 e. The highest BCUT2D eigenvalue weighted by Crippen LogP contribution is 2.28. The summed E-state index contributed by atoms with van der Waals surface area (Å²) < 4.78 is 7.62. The van der Waals surface area contributed by atoms with Crippen molar-refractivity contribution < 1.29 is 9.21 Å². The van der Waals surface area contributed by atoms with Gasteiger partial charge in [-0.1, -0.05) is 0 Å². The highest BCUT2D eigenvalue weighted by atomic mass is 32.1. The largest absolute Gasteiger partial charge is 0.466 e. The first-order chi connectivity index (χ1) is 11.1. The van der Waals surface area contributed by atoms with Gasteiger partial charge in [0.2, 0.25) is 5.91 Å². The average Bonchev–Trinajstić information content (AvgIpc) is 3.22. The van der Waals surface area contributed by atoms with E-state index < -0.39 is 0 Å². The van der Waals surface area contributed by atoms with Crippen LogP contribution >= 0.6 is 11.3 Å². The first-order valence-corrected chi connectivity index (χ1v) is 8.49. The molecule has 0 aliphatic carbocycles. The molecule has 23 heavy (non-hydrogen) atoms. The summed E-state index contributed by atoms with van der Waals surface area (Å²) in [5.41, 5.74) is 7.01. The van der Waals surface area contributed by atoms with Gasteiger partial charge in [0.1, 0.15) is 11.5 Å². The second kappa shape index (κ2) is 5.50. The predicted molar refractivity (Wildman–Crippen MR) is 87.5 cm³/mol. The van der Waals surface area contributed by atoms with Crippen molar-refractivity contribution in [2.75, 3.05) is 13.1 Å². The van der Waals surface area contributed by atoms with E-state index in [0.29, 0.717) is 19.5 Å². The maximum atomic E-state index is 12.5. The van der Waals surface area contributed by atoms with E-state index in [1.54, 1.807) is 11.3 Å². The quantitative estimate of drug-likeness (QED) is 0.794. The van der Waals surface area contributed by atoms with Crippen LogP contribution in [-0.2, 0) is 11.2 Å². The molecule has 4 heterocycles. The molecule has 1 amide bonds. The Kier molecular flexibility index (Phi) is 3.46. The van der Waals surface area contributed by atoms with Crippen molar-refractivity contribution in [1.29, 1.82) is 0 Å². The SMILES string of the molecule is Cc1ccc([C@@H]2CN(C(=O)Cc3cn4ccsc4n3)C[C@H]2N)o1. The molecule has 7 heteroatoms. The van der Waals surface area contributed by atoms with Gasteiger partial charge >= 0.3 is 0 Å². The number of imidazole rings is 1. The predicted octanol–water partition coefficient (Wildman–Crippen LogP) is 1.79. The molecule has 2 atom stereocenters. The van der Waals surface area contributed by atoms with Crippen molar-refractivity contribution in [3.63, 3.8) is 0 Å². The van der Waals surface area contributed by atoms with Gasteiger partial charge in [-0.05, 0) is 19.1 Å². The number of hydrogen-bond donors (Lipinski definition) is 1. The summed E-state index contributed by atoms with van der Waals surface area (Å²) in [6.07, 6.45) is 4.17. The van der Waals surface area contributed by atoms with Crippen molar-refractivity contribution in [2.45, 2.75) is 25.3 Å². The zero-order valence-electron chi connectivity index (χ0n) is 12.8. The minimum absolute atomic E-state index is 0.0666. The van der Waals surface area contributed by atoms with Crippen LogP contribution in [0.3, 0.4) is 0 Å². The van der Waals surface area contributed by atoms with E-state index >= 15 is 0 Å². The topological polar surface area (TPSA) is 76.8 Å². The lowest BCUT2D eigenvalue weighted by Gasteiger charge is -2.15. The summed E-state index contributed by atoms with van der Waals surface area (Å²) in [5, 5.41) is 1.98. The number of aryl methyl sites for hydroxylation is 1. The standard InChI is InChI=1S/C16H18N4O2S/c1-10-2-3-14(22-10)12-8-20(9-13(12)17)15(21)6-11-7-19-4-5-23-16(19)18-11/h2-5,7,12-13H,6,8-9,17H2,1H3/t12-,13-/m1/s1. The summed E-state index contributed by atoms with van der Waals surface area (Å²) in [6.45, 7) is 3.08. The number of hydrogen-bond acceptors (Lipinski definition) is 5. The second-order valence-corrected chi connectivity index (χ2v) is 6.89. The number of amides is 1. The average molecular weight is 330 g/mol. The number of aromatic nitrogens is 2. The molecule has 6 nitrogen and oxygen atoms in total. The van der Waals surface area contributed by atoms with E-state index in [1.807, 2.05) is 46.1 Å². The number of fused-ring (bicyclic) bond motifs is 1. The molecular formula is C16H18N4O2S. The van der Waals surface area contributed by atoms with Crippen molar-refractivity contribution >= 4 is 22.2 Å². The summed E-state index contributed by atoms with van der Waals surface area (Å²) >= 11 is 1.56. The zero-order chi connectivity index (χ0) is 16.0. The Morgan fingerprint density at radius 2 is 2.35 bits per heavy atom. The summed E-state index contributed by atoms with van der Waals surface area (Å²) in [7, 11) is 0. The van der Waals surface area contributed by atoms with Crippen LogP contribution in [0.15, 0.2) is 34.3 Å². The van der Waals surface area contributed by atoms with E-state index in [1.165, 1.54) is 0 Å². The Hall–Kier alpha value is -2.12. The minimum atomic E-state index is -0.0880. The number of thiazole rings is 1. The maximum absolute atomic E-state index is 12.5. The van der Waals surface area contributed by atoms with Crippen molar-refractivity contribution in [3.8, 4) is 0 Å². The van der Waals surface area contributed by atoms with Gasteiger partial charge in [0, 0.05) is 36.9 Å². The molecule has 1 aliphatic rings. The van der Waals surface area contributed by atoms with Gasteiger partial charge in [-0.2, -0.15) is 0 Å². The highest BCUT2D eigenvalue weighted by molar-refractivity contribution is 7.15. The van der Waals surface area contributed by atoms with E-state index in [-0.39, 0.29) is 17.9 Å². The Morgan fingerprint density at radius 1 is 1.48 bits per heavy atom. The van der Waals surface area contributed by atoms with Crippen LogP contribution in [0.4, 0.5) is 0 Å². The highest BCUT2D eigenvalue weighted by Gasteiger charge is 2.35. The van der Waals surface area contributed by atoms with Crippen LogP contribution < -0.4 is 5.73 Å². The molecule has 1 aliphatic heterocycles. The van der Waals surface area contributed by atoms with Gasteiger partial charge in [-0.15, -0.1) is 11.3 Å². The molecule has 120 valence electrons. The van der Waals surface area contributed by atoms with Crippen molar-refractivity contribution in [1.82, 2.24) is 14.3 Å². The fraction of sp³-hybridized carbons (Fsp3) is 0.375. The number of likely N-dealkylation sites (tertiary alicyclic amines) is 1. The van der Waals surface area contributed by atoms with Crippen LogP contribution in [0.5, 0.6) is 0 Å². The molecule has 1 saturated heterocycles. The van der Waals surface area contributed by atoms with Gasteiger partial charge in [-0.25, -0.2) is 4.98 Å². The van der Waals surface area contributed by atoms with Crippen molar-refractivity contribution in [3.05, 3.63) is 47.1 Å². The molecule has 0 spiro atoms. The number of nitrogens with zero attached hydrogens (tertiary/aromatic N) is 3. The first kappa shape index (κ1) is 14.5. The number of furan rings is 1. The molecule has 0 bridgehead atoms. The Morgan fingerprint density at radius 3 is 3.09 bits per heavy atom. The lowest BCUT2D eigenvalue weighted by atomic mass is 10.0. The first-order valence-electron chi connectivity index (χ1n) is 7.61. The van der Waals surface area contributed by atoms with Crippen LogP contribution in [0.1, 0.15) is 23.1 Å². The zero-order valence-corrected chi connectivity index (χ0v) is 13.6. The Balaban J connectivity index is 1.45. The minimum Gasteiger partial charge on any atom is -0.466 e. The molecule has 0 saturated carbocycles. The van der Waals surface area contributed by atoms with Gasteiger partial charge in [0.25, 0.3) is 0 Å². The third-order valence-corrected chi connectivity index (χ3v) is 5.09. The molecule has 0 radical (unpaired) electrons. The molecule has 1 fully saturated rings. The van der Waals surface area contributed by atoms with E-state index in [0.717, 1.165) is 22.2 Å². The fourth-order valence-electron chi connectivity index (χ4n) is 3.11. The molecule has 2 N–H and O–H groups in total. The lowest BCUT2D eigenvalue weighted by molar-refractivity contribution is -0.129. The van der Waals surface area contributed by atoms with E-state index in [9.17, 15) is 4.79 Å². The maximum Gasteiger partial charge on any atom is 0.228 e. The molecular weight excluding hydrogens is 312 g/mol. The third-order valence-electron chi connectivity index (χ3n) is 4.32. The van der Waals surface area contributed by atoms with E-state index in [4.69, 9.17) is 10.2 Å². The van der Waals surface area contributed by atoms with E-state index in [2.05, 4.69) is 4.98 Å². The number of carbonyl (C=O) groups is 1. The molecule has 4 rings (SSSR count). The Bertz CT molecular complexity index is 821. The normalized spacial score (nSPS) is 21.4. The summed E-state index contributed by atoms with van der Waals surface area (Å²) in [6, 6.07) is 3.80. The van der Waals surface area contributed by atoms with Gasteiger partial charge in [0.05, 0.1) is 18.0 Å². The monoisotopic (exact) mass is 330 g/mol. The third kappa shape index (κ3) is 2.66. The van der Waals surface area contributed by atoms with Crippen LogP contribution in [0, 0.1) is 6.92 Å². The van der Waals surface area contributed by atoms with Crippen LogP contribution in [0.25, 0.3) is 4.96 Å². The van der Waals surface area contributed by atoms with Gasteiger partial charge < -0.3 is 15.1 Å². The molecule has 3 aromatic rings. The second-order valence-electron chi connectivity index (χ2n) is 6.02. The fourth-order valence-corrected chi connectivity index (χ4v) is 3.83. The van der Waals surface area contributed by atoms with Gasteiger partial charge in [-0.3, -0.25) is 9.20 Å². The summed E-state index contributed by atoms with van der Waals surface area (Å²) in [4.78, 5) is 19.7. The summed E-state index contributed by atoms with van der Waals surface area (Å²) in [5.74, 6) is 1.87. The Labute approximate surface area is 137 Å². The molecule has 0 aromatic carbocycles. The number of nitrogens with two attached hydrogens (primary N) is 1. The van der Waals surface area contributed by atoms with Crippen LogP contribution in [-0.4, -0.2) is 39.3 Å². The number of carbonyl (C=O) groups excluding carboxylic acids is 1. The lowest BCUT2D eigenvalue weighted by Crippen LogP contribution is -2.33.